The summed E-state index contributed by atoms with van der Waals surface area (Å²) in [4.78, 5) is 11.5. The Morgan fingerprint density at radius 1 is 1.50 bits per heavy atom. The van der Waals surface area contributed by atoms with Gasteiger partial charge in [0.2, 0.25) is 0 Å². The van der Waals surface area contributed by atoms with Gasteiger partial charge in [0, 0.05) is 12.0 Å². The summed E-state index contributed by atoms with van der Waals surface area (Å²) in [6, 6.07) is 5.63. The average molecular weight is 274 g/mol. The maximum atomic E-state index is 11.5. The van der Waals surface area contributed by atoms with Crippen molar-refractivity contribution in [3.05, 3.63) is 29.5 Å². The minimum atomic E-state index is -0.936. The molecule has 106 valence electrons. The van der Waals surface area contributed by atoms with E-state index in [4.69, 9.17) is 4.74 Å². The highest BCUT2D eigenvalue weighted by Gasteiger charge is 2.22. The van der Waals surface area contributed by atoms with Crippen LogP contribution in [-0.2, 0) is 11.3 Å². The predicted molar refractivity (Wildman–Crippen MR) is 75.0 cm³/mol. The highest BCUT2D eigenvalue weighted by molar-refractivity contribution is 6.02. The molecule has 20 heavy (non-hydrogen) atoms. The molecule has 0 bridgehead atoms. The van der Waals surface area contributed by atoms with Gasteiger partial charge in [-0.3, -0.25) is 4.68 Å². The number of hydrogen-bond acceptors (Lipinski definition) is 3. The molecule has 2 aromatic rings. The van der Waals surface area contributed by atoms with E-state index in [-0.39, 0.29) is 11.8 Å². The van der Waals surface area contributed by atoms with E-state index in [0.29, 0.717) is 11.9 Å². The summed E-state index contributed by atoms with van der Waals surface area (Å²) in [7, 11) is 0. The average Bonchev–Trinajstić information content (AvgIpc) is 2.79. The molecule has 2 heterocycles. The number of carbonyl (C=O) groups is 1. The molecule has 1 saturated heterocycles. The standard InChI is InChI=1S/C15H18N2O3/c1-10-5-4-7-12-13(10)16-17(14(12)15(18)19)9-11-6-2-3-8-20-11/h4-5,7,11H,2-3,6,8-9H2,1H3,(H,18,19). The molecule has 0 amide bonds. The molecule has 0 aliphatic carbocycles. The summed E-state index contributed by atoms with van der Waals surface area (Å²) in [5.41, 5.74) is 2.02. The first-order valence-corrected chi connectivity index (χ1v) is 6.98. The Morgan fingerprint density at radius 2 is 2.35 bits per heavy atom. The molecule has 0 saturated carbocycles. The number of benzene rings is 1. The Kier molecular flexibility index (Phi) is 3.44. The van der Waals surface area contributed by atoms with Gasteiger partial charge in [-0.05, 0) is 31.7 Å². The molecule has 1 aromatic heterocycles. The lowest BCUT2D eigenvalue weighted by atomic mass is 10.1. The van der Waals surface area contributed by atoms with Gasteiger partial charge >= 0.3 is 5.97 Å². The van der Waals surface area contributed by atoms with Crippen molar-refractivity contribution >= 4 is 16.9 Å². The normalized spacial score (nSPS) is 19.4. The fourth-order valence-corrected chi connectivity index (χ4v) is 2.79. The van der Waals surface area contributed by atoms with Crippen LogP contribution in [-0.4, -0.2) is 33.6 Å². The zero-order valence-electron chi connectivity index (χ0n) is 11.5. The lowest BCUT2D eigenvalue weighted by Crippen LogP contribution is -2.26. The minimum Gasteiger partial charge on any atom is -0.477 e. The second-order valence-corrected chi connectivity index (χ2v) is 5.30. The molecular weight excluding hydrogens is 256 g/mol. The summed E-state index contributed by atoms with van der Waals surface area (Å²) in [6.45, 7) is 3.21. The van der Waals surface area contributed by atoms with Crippen LogP contribution < -0.4 is 0 Å². The van der Waals surface area contributed by atoms with Gasteiger partial charge < -0.3 is 9.84 Å². The summed E-state index contributed by atoms with van der Waals surface area (Å²) in [5.74, 6) is -0.936. The maximum Gasteiger partial charge on any atom is 0.354 e. The maximum absolute atomic E-state index is 11.5. The molecular formula is C15H18N2O3. The van der Waals surface area contributed by atoms with E-state index in [0.717, 1.165) is 36.9 Å². The fraction of sp³-hybridized carbons (Fsp3) is 0.467. The van der Waals surface area contributed by atoms with Crippen LogP contribution in [0.25, 0.3) is 10.9 Å². The highest BCUT2D eigenvalue weighted by Crippen LogP contribution is 2.23. The summed E-state index contributed by atoms with van der Waals surface area (Å²) in [5, 5.41) is 14.7. The molecule has 5 heteroatoms. The number of aromatic carboxylic acids is 1. The van der Waals surface area contributed by atoms with Crippen molar-refractivity contribution in [2.24, 2.45) is 0 Å². The molecule has 0 radical (unpaired) electrons. The van der Waals surface area contributed by atoms with Crippen LogP contribution in [0.3, 0.4) is 0 Å². The van der Waals surface area contributed by atoms with Crippen LogP contribution >= 0.6 is 0 Å². The SMILES string of the molecule is Cc1cccc2c(C(=O)O)n(CC3CCCCO3)nc12. The third-order valence-corrected chi connectivity index (χ3v) is 3.82. The van der Waals surface area contributed by atoms with Crippen molar-refractivity contribution in [2.45, 2.75) is 38.8 Å². The first-order chi connectivity index (χ1) is 9.66. The summed E-state index contributed by atoms with van der Waals surface area (Å²) in [6.07, 6.45) is 3.25. The molecule has 1 aliphatic heterocycles. The summed E-state index contributed by atoms with van der Waals surface area (Å²) >= 11 is 0. The smallest absolute Gasteiger partial charge is 0.354 e. The number of aromatic nitrogens is 2. The van der Waals surface area contributed by atoms with Gasteiger partial charge in [-0.25, -0.2) is 4.79 Å². The zero-order chi connectivity index (χ0) is 14.1. The van der Waals surface area contributed by atoms with E-state index in [1.807, 2.05) is 25.1 Å². The van der Waals surface area contributed by atoms with Gasteiger partial charge in [-0.15, -0.1) is 0 Å². The highest BCUT2D eigenvalue weighted by atomic mass is 16.5. The lowest BCUT2D eigenvalue weighted by Gasteiger charge is -2.22. The number of carboxylic acids is 1. The lowest BCUT2D eigenvalue weighted by molar-refractivity contribution is 0.00344. The zero-order valence-corrected chi connectivity index (χ0v) is 11.5. The van der Waals surface area contributed by atoms with Gasteiger partial charge in [-0.2, -0.15) is 5.10 Å². The largest absolute Gasteiger partial charge is 0.477 e. The second kappa shape index (κ2) is 5.25. The Balaban J connectivity index is 2.02. The van der Waals surface area contributed by atoms with Crippen LogP contribution in [0.4, 0.5) is 0 Å². The molecule has 3 rings (SSSR count). The number of rotatable bonds is 3. The first kappa shape index (κ1) is 13.1. The van der Waals surface area contributed by atoms with Crippen LogP contribution in [0.1, 0.15) is 35.3 Å². The monoisotopic (exact) mass is 274 g/mol. The van der Waals surface area contributed by atoms with Crippen LogP contribution in [0, 0.1) is 6.92 Å². The topological polar surface area (TPSA) is 64.3 Å². The number of hydrogen-bond donors (Lipinski definition) is 1. The van der Waals surface area contributed by atoms with Gasteiger partial charge in [0.05, 0.1) is 18.2 Å². The Morgan fingerprint density at radius 3 is 3.05 bits per heavy atom. The van der Waals surface area contributed by atoms with Crippen LogP contribution in [0.5, 0.6) is 0 Å². The number of nitrogens with zero attached hydrogens (tertiary/aromatic N) is 2. The van der Waals surface area contributed by atoms with Gasteiger partial charge in [0.1, 0.15) is 0 Å². The Labute approximate surface area is 117 Å². The molecule has 5 nitrogen and oxygen atoms in total. The quantitative estimate of drug-likeness (QED) is 0.934. The van der Waals surface area contributed by atoms with Crippen molar-refractivity contribution in [2.75, 3.05) is 6.61 Å². The van der Waals surface area contributed by atoms with E-state index < -0.39 is 5.97 Å². The number of ether oxygens (including phenoxy) is 1. The van der Waals surface area contributed by atoms with Crippen molar-refractivity contribution in [3.63, 3.8) is 0 Å². The van der Waals surface area contributed by atoms with Crippen LogP contribution in [0.15, 0.2) is 18.2 Å². The number of carboxylic acid groups (broad SMARTS) is 1. The predicted octanol–water partition coefficient (Wildman–Crippen LogP) is 2.61. The van der Waals surface area contributed by atoms with E-state index in [2.05, 4.69) is 5.10 Å². The fourth-order valence-electron chi connectivity index (χ4n) is 2.79. The van der Waals surface area contributed by atoms with Crippen molar-refractivity contribution in [1.82, 2.24) is 9.78 Å². The van der Waals surface area contributed by atoms with E-state index in [9.17, 15) is 9.90 Å². The van der Waals surface area contributed by atoms with Crippen molar-refractivity contribution in [3.8, 4) is 0 Å². The van der Waals surface area contributed by atoms with Gasteiger partial charge in [0.15, 0.2) is 5.69 Å². The Hall–Kier alpha value is -1.88. The van der Waals surface area contributed by atoms with Gasteiger partial charge in [-0.1, -0.05) is 18.2 Å². The van der Waals surface area contributed by atoms with Crippen LogP contribution in [0.2, 0.25) is 0 Å². The Bertz CT molecular complexity index is 642. The van der Waals surface area contributed by atoms with Crippen molar-refractivity contribution < 1.29 is 14.6 Å². The van der Waals surface area contributed by atoms with Gasteiger partial charge in [0.25, 0.3) is 0 Å². The molecule has 1 unspecified atom stereocenters. The molecule has 0 spiro atoms. The molecule has 1 aliphatic rings. The molecule has 1 atom stereocenters. The summed E-state index contributed by atoms with van der Waals surface area (Å²) < 4.78 is 7.28. The van der Waals surface area contributed by atoms with E-state index in [1.165, 1.54) is 0 Å². The third kappa shape index (κ3) is 2.29. The van der Waals surface area contributed by atoms with Crippen molar-refractivity contribution in [1.29, 1.82) is 0 Å². The third-order valence-electron chi connectivity index (χ3n) is 3.82. The molecule has 1 fully saturated rings. The second-order valence-electron chi connectivity index (χ2n) is 5.30. The first-order valence-electron chi connectivity index (χ1n) is 6.98. The van der Waals surface area contributed by atoms with E-state index in [1.54, 1.807) is 4.68 Å². The van der Waals surface area contributed by atoms with E-state index >= 15 is 0 Å². The minimum absolute atomic E-state index is 0.0662. The molecule has 1 aromatic carbocycles. The number of fused-ring (bicyclic) bond motifs is 1. The molecule has 1 N–H and O–H groups in total. The number of aryl methyl sites for hydroxylation is 1.